The minimum atomic E-state index is -0.0349. The fourth-order valence-electron chi connectivity index (χ4n) is 2.21. The van der Waals surface area contributed by atoms with E-state index in [9.17, 15) is 4.79 Å². The molecule has 0 aliphatic heterocycles. The Kier molecular flexibility index (Phi) is 8.19. The summed E-state index contributed by atoms with van der Waals surface area (Å²) in [6, 6.07) is 9.50. The molecule has 2 aromatic rings. The van der Waals surface area contributed by atoms with Crippen molar-refractivity contribution in [1.29, 1.82) is 0 Å². The van der Waals surface area contributed by atoms with E-state index in [1.165, 1.54) is 0 Å². The third kappa shape index (κ3) is 5.95. The fourth-order valence-corrected chi connectivity index (χ4v) is 2.21. The first kappa shape index (κ1) is 20.2. The number of carbonyl (C=O) groups is 1. The molecule has 0 fully saturated rings. The number of methoxy groups -OCH3 is 2. The lowest BCUT2D eigenvalue weighted by Gasteiger charge is -2.16. The summed E-state index contributed by atoms with van der Waals surface area (Å²) in [6.45, 7) is 0.620. The highest BCUT2D eigenvalue weighted by Gasteiger charge is 2.08. The molecule has 0 saturated carbocycles. The Morgan fingerprint density at radius 1 is 1.12 bits per heavy atom. The molecule has 0 bridgehead atoms. The molecule has 0 atom stereocenters. The molecule has 1 aromatic heterocycles. The van der Waals surface area contributed by atoms with Gasteiger partial charge in [-0.2, -0.15) is 0 Å². The van der Waals surface area contributed by atoms with Crippen LogP contribution < -0.4 is 9.47 Å². The summed E-state index contributed by atoms with van der Waals surface area (Å²) in [4.78, 5) is 17.8. The Labute approximate surface area is 149 Å². The quantitative estimate of drug-likeness (QED) is 0.723. The summed E-state index contributed by atoms with van der Waals surface area (Å²) in [5, 5.41) is 0. The van der Waals surface area contributed by atoms with E-state index in [4.69, 9.17) is 9.47 Å². The molecule has 0 aliphatic rings. The van der Waals surface area contributed by atoms with E-state index >= 15 is 0 Å². The highest BCUT2D eigenvalue weighted by atomic mass is 16.5. The Bertz CT molecular complexity index is 699. The van der Waals surface area contributed by atoms with Crippen LogP contribution in [0.1, 0.15) is 18.6 Å². The average Bonchev–Trinajstić information content (AvgIpc) is 2.64. The van der Waals surface area contributed by atoms with Crippen LogP contribution in [0, 0.1) is 0 Å². The van der Waals surface area contributed by atoms with Crippen molar-refractivity contribution in [2.75, 3.05) is 27.8 Å². The van der Waals surface area contributed by atoms with Crippen molar-refractivity contribution in [3.8, 4) is 11.5 Å². The van der Waals surface area contributed by atoms with Crippen LogP contribution >= 0.6 is 0 Å². The molecular formula is C20H26N2O3. The van der Waals surface area contributed by atoms with Gasteiger partial charge in [-0.15, -0.1) is 0 Å². The molecule has 5 nitrogen and oxygen atoms in total. The number of rotatable bonds is 7. The molecule has 1 amide bonds. The van der Waals surface area contributed by atoms with Gasteiger partial charge in [-0.3, -0.25) is 9.78 Å². The fraction of sp³-hybridized carbons (Fsp3) is 0.300. The SMILES string of the molecule is C.COc1ccc(CCN(C)C(=O)/C=C/c2ccncc2)cc1OC. The molecular weight excluding hydrogens is 316 g/mol. The van der Waals surface area contributed by atoms with Crippen LogP contribution in [0.2, 0.25) is 0 Å². The second-order valence-corrected chi connectivity index (χ2v) is 5.31. The summed E-state index contributed by atoms with van der Waals surface area (Å²) in [5.74, 6) is 1.36. The van der Waals surface area contributed by atoms with Gasteiger partial charge in [0.1, 0.15) is 0 Å². The van der Waals surface area contributed by atoms with Crippen LogP contribution in [0.4, 0.5) is 0 Å². The topological polar surface area (TPSA) is 51.7 Å². The molecule has 134 valence electrons. The van der Waals surface area contributed by atoms with Gasteiger partial charge in [-0.05, 0) is 47.9 Å². The summed E-state index contributed by atoms with van der Waals surface area (Å²) < 4.78 is 10.5. The van der Waals surface area contributed by atoms with E-state index < -0.39 is 0 Å². The largest absolute Gasteiger partial charge is 0.493 e. The third-order valence-electron chi connectivity index (χ3n) is 3.68. The van der Waals surface area contributed by atoms with E-state index in [1.54, 1.807) is 50.7 Å². The maximum Gasteiger partial charge on any atom is 0.246 e. The first-order chi connectivity index (χ1) is 11.6. The summed E-state index contributed by atoms with van der Waals surface area (Å²) in [7, 11) is 5.01. The number of nitrogens with zero attached hydrogens (tertiary/aromatic N) is 2. The lowest BCUT2D eigenvalue weighted by Crippen LogP contribution is -2.27. The van der Waals surface area contributed by atoms with Crippen molar-refractivity contribution < 1.29 is 14.3 Å². The minimum absolute atomic E-state index is 0. The monoisotopic (exact) mass is 342 g/mol. The highest BCUT2D eigenvalue weighted by molar-refractivity contribution is 5.91. The molecule has 0 spiro atoms. The molecule has 0 aliphatic carbocycles. The van der Waals surface area contributed by atoms with E-state index in [0.29, 0.717) is 18.0 Å². The van der Waals surface area contributed by atoms with Crippen LogP contribution in [0.25, 0.3) is 6.08 Å². The van der Waals surface area contributed by atoms with Gasteiger partial charge in [0, 0.05) is 32.1 Å². The predicted molar refractivity (Wildman–Crippen MR) is 101 cm³/mol. The number of likely N-dealkylation sites (N-methyl/N-ethyl adjacent to an activating group) is 1. The Hall–Kier alpha value is -2.82. The lowest BCUT2D eigenvalue weighted by atomic mass is 10.1. The molecule has 1 heterocycles. The molecule has 1 aromatic carbocycles. The number of ether oxygens (including phenoxy) is 2. The van der Waals surface area contributed by atoms with Gasteiger partial charge in [-0.25, -0.2) is 0 Å². The maximum absolute atomic E-state index is 12.1. The average molecular weight is 342 g/mol. The van der Waals surface area contributed by atoms with Crippen LogP contribution in [-0.2, 0) is 11.2 Å². The van der Waals surface area contributed by atoms with E-state index in [0.717, 1.165) is 17.5 Å². The second kappa shape index (κ2) is 10.1. The number of amides is 1. The number of hydrogen-bond acceptors (Lipinski definition) is 4. The van der Waals surface area contributed by atoms with E-state index in [2.05, 4.69) is 4.98 Å². The lowest BCUT2D eigenvalue weighted by molar-refractivity contribution is -0.124. The smallest absolute Gasteiger partial charge is 0.246 e. The number of aromatic nitrogens is 1. The molecule has 2 rings (SSSR count). The van der Waals surface area contributed by atoms with Gasteiger partial charge in [0.05, 0.1) is 14.2 Å². The Morgan fingerprint density at radius 3 is 2.44 bits per heavy atom. The molecule has 0 N–H and O–H groups in total. The highest BCUT2D eigenvalue weighted by Crippen LogP contribution is 2.27. The van der Waals surface area contributed by atoms with E-state index in [1.807, 2.05) is 30.3 Å². The zero-order valence-electron chi connectivity index (χ0n) is 14.2. The Morgan fingerprint density at radius 2 is 1.80 bits per heavy atom. The summed E-state index contributed by atoms with van der Waals surface area (Å²) in [6.07, 6.45) is 7.50. The number of benzene rings is 1. The van der Waals surface area contributed by atoms with Crippen LogP contribution in [0.15, 0.2) is 48.8 Å². The number of hydrogen-bond donors (Lipinski definition) is 0. The molecule has 5 heteroatoms. The van der Waals surface area contributed by atoms with Gasteiger partial charge in [0.15, 0.2) is 11.5 Å². The number of pyridine rings is 1. The molecule has 0 radical (unpaired) electrons. The molecule has 0 unspecified atom stereocenters. The van der Waals surface area contributed by atoms with E-state index in [-0.39, 0.29) is 13.3 Å². The predicted octanol–water partition coefficient (Wildman–Crippen LogP) is 3.45. The van der Waals surface area contributed by atoms with Crippen LogP contribution in [-0.4, -0.2) is 43.6 Å². The Balaban J connectivity index is 0.00000312. The van der Waals surface area contributed by atoms with Crippen LogP contribution in [0.3, 0.4) is 0 Å². The first-order valence-corrected chi connectivity index (χ1v) is 7.68. The standard InChI is InChI=1S/C19H22N2O3.CH4/c1-21(19(22)7-5-15-8-11-20-12-9-15)13-10-16-4-6-17(23-2)18(14-16)24-3;/h4-9,11-12,14H,10,13H2,1-3H3;1H4/b7-5+;. The molecule has 0 saturated heterocycles. The normalized spacial score (nSPS) is 10.2. The minimum Gasteiger partial charge on any atom is -0.493 e. The van der Waals surface area contributed by atoms with Gasteiger partial charge in [-0.1, -0.05) is 13.5 Å². The van der Waals surface area contributed by atoms with Crippen molar-refractivity contribution in [3.63, 3.8) is 0 Å². The zero-order chi connectivity index (χ0) is 17.4. The third-order valence-corrected chi connectivity index (χ3v) is 3.68. The van der Waals surface area contributed by atoms with Crippen LogP contribution in [0.5, 0.6) is 11.5 Å². The van der Waals surface area contributed by atoms with Gasteiger partial charge < -0.3 is 14.4 Å². The number of carbonyl (C=O) groups excluding carboxylic acids is 1. The maximum atomic E-state index is 12.1. The van der Waals surface area contributed by atoms with Crippen molar-refractivity contribution in [2.45, 2.75) is 13.8 Å². The van der Waals surface area contributed by atoms with Gasteiger partial charge in [0.2, 0.25) is 5.91 Å². The van der Waals surface area contributed by atoms with Crippen molar-refractivity contribution >= 4 is 12.0 Å². The van der Waals surface area contributed by atoms with Gasteiger partial charge in [0.25, 0.3) is 0 Å². The van der Waals surface area contributed by atoms with Gasteiger partial charge >= 0.3 is 0 Å². The zero-order valence-corrected chi connectivity index (χ0v) is 14.2. The summed E-state index contributed by atoms with van der Waals surface area (Å²) in [5.41, 5.74) is 2.04. The van der Waals surface area contributed by atoms with Crippen molar-refractivity contribution in [3.05, 3.63) is 59.9 Å². The van der Waals surface area contributed by atoms with Crippen molar-refractivity contribution in [1.82, 2.24) is 9.88 Å². The van der Waals surface area contributed by atoms with Crippen molar-refractivity contribution in [2.24, 2.45) is 0 Å². The summed E-state index contributed by atoms with van der Waals surface area (Å²) >= 11 is 0. The molecule has 25 heavy (non-hydrogen) atoms. The second-order valence-electron chi connectivity index (χ2n) is 5.31. The first-order valence-electron chi connectivity index (χ1n) is 7.68.